The van der Waals surface area contributed by atoms with Gasteiger partial charge in [-0.2, -0.15) is 4.98 Å². The molecule has 0 saturated heterocycles. The Morgan fingerprint density at radius 3 is 2.84 bits per heavy atom. The fourth-order valence-corrected chi connectivity index (χ4v) is 1.72. The van der Waals surface area contributed by atoms with Crippen molar-refractivity contribution < 1.29 is 23.7 Å². The number of aromatic nitrogens is 2. The number of aliphatic hydroxyl groups is 1. The van der Waals surface area contributed by atoms with Gasteiger partial charge in [-0.1, -0.05) is 0 Å². The van der Waals surface area contributed by atoms with Crippen LogP contribution in [0.25, 0.3) is 0 Å². The predicted octanol–water partition coefficient (Wildman–Crippen LogP) is -0.800. The van der Waals surface area contributed by atoms with Crippen molar-refractivity contribution in [2.45, 2.75) is 12.6 Å². The van der Waals surface area contributed by atoms with Crippen molar-refractivity contribution >= 4 is 13.2 Å². The van der Waals surface area contributed by atoms with E-state index < -0.39 is 43.8 Å². The summed E-state index contributed by atoms with van der Waals surface area (Å²) in [4.78, 5) is 23.7. The van der Waals surface area contributed by atoms with E-state index in [1.54, 1.807) is 0 Å². The van der Waals surface area contributed by atoms with Crippen LogP contribution in [-0.4, -0.2) is 45.3 Å². The van der Waals surface area contributed by atoms with Gasteiger partial charge in [-0.25, -0.2) is 9.18 Å². The zero-order valence-electron chi connectivity index (χ0n) is 10.2. The van der Waals surface area contributed by atoms with E-state index in [9.17, 15) is 13.8 Å². The van der Waals surface area contributed by atoms with Crippen LogP contribution in [0.15, 0.2) is 11.0 Å². The molecule has 1 aromatic heterocycles. The standard InChI is InChI=1S/C9H15FN3O5P/c1-19(16,17)5-18-6(4-14)2-13-3-7(10)8(11)12-9(13)15/h3,6,14H,2,4-5H2,1H3,(H,16,17)(H2,11,12,15)/t6-/m0/s1. The lowest BCUT2D eigenvalue weighted by Crippen LogP contribution is -2.32. The van der Waals surface area contributed by atoms with Gasteiger partial charge in [0.15, 0.2) is 11.6 Å². The van der Waals surface area contributed by atoms with Gasteiger partial charge in [-0.15, -0.1) is 0 Å². The third-order valence-electron chi connectivity index (χ3n) is 2.13. The topological polar surface area (TPSA) is 128 Å². The summed E-state index contributed by atoms with van der Waals surface area (Å²) in [5.41, 5.74) is 4.32. The fraction of sp³-hybridized carbons (Fsp3) is 0.556. The molecule has 0 bridgehead atoms. The Morgan fingerprint density at radius 1 is 1.68 bits per heavy atom. The maximum Gasteiger partial charge on any atom is 0.349 e. The summed E-state index contributed by atoms with van der Waals surface area (Å²) in [5, 5.41) is 9.05. The summed E-state index contributed by atoms with van der Waals surface area (Å²) < 4.78 is 30.0. The average molecular weight is 295 g/mol. The van der Waals surface area contributed by atoms with Crippen molar-refractivity contribution in [2.75, 3.05) is 25.4 Å². The van der Waals surface area contributed by atoms with E-state index in [1.807, 2.05) is 0 Å². The molecule has 0 aliphatic heterocycles. The van der Waals surface area contributed by atoms with Crippen molar-refractivity contribution in [1.82, 2.24) is 9.55 Å². The highest BCUT2D eigenvalue weighted by Crippen LogP contribution is 2.35. The average Bonchev–Trinajstić information content (AvgIpc) is 2.29. The molecule has 4 N–H and O–H groups in total. The number of anilines is 1. The Kier molecular flexibility index (Phi) is 5.19. The molecule has 0 amide bonds. The van der Waals surface area contributed by atoms with Gasteiger partial charge < -0.3 is 20.5 Å². The number of nitrogens with two attached hydrogens (primary N) is 1. The van der Waals surface area contributed by atoms with E-state index in [0.717, 1.165) is 17.4 Å². The van der Waals surface area contributed by atoms with E-state index in [4.69, 9.17) is 20.5 Å². The molecule has 1 unspecified atom stereocenters. The Labute approximate surface area is 108 Å². The SMILES string of the molecule is CP(=O)(O)CO[C@H](CO)Cn1cc(F)c(N)nc1=O. The molecular weight excluding hydrogens is 280 g/mol. The van der Waals surface area contributed by atoms with Crippen molar-refractivity contribution in [1.29, 1.82) is 0 Å². The summed E-state index contributed by atoms with van der Waals surface area (Å²) >= 11 is 0. The first kappa shape index (κ1) is 15.8. The molecule has 19 heavy (non-hydrogen) atoms. The van der Waals surface area contributed by atoms with Gasteiger partial charge in [0.25, 0.3) is 0 Å². The molecule has 0 aliphatic rings. The van der Waals surface area contributed by atoms with Crippen molar-refractivity contribution in [3.05, 3.63) is 22.5 Å². The number of hydrogen-bond acceptors (Lipinski definition) is 6. The van der Waals surface area contributed by atoms with Crippen LogP contribution in [0.1, 0.15) is 0 Å². The van der Waals surface area contributed by atoms with Gasteiger partial charge >= 0.3 is 5.69 Å². The summed E-state index contributed by atoms with van der Waals surface area (Å²) in [5.74, 6) is -1.39. The van der Waals surface area contributed by atoms with Crippen molar-refractivity contribution in [2.24, 2.45) is 0 Å². The van der Waals surface area contributed by atoms with Gasteiger partial charge in [-0.3, -0.25) is 9.13 Å². The molecule has 1 aromatic rings. The Hall–Kier alpha value is -1.28. The molecule has 1 rings (SSSR count). The molecular formula is C9H15FN3O5P. The van der Waals surface area contributed by atoms with Gasteiger partial charge in [0.1, 0.15) is 6.35 Å². The highest BCUT2D eigenvalue weighted by molar-refractivity contribution is 7.56. The second-order valence-corrected chi connectivity index (χ2v) is 6.42. The van der Waals surface area contributed by atoms with Gasteiger partial charge in [-0.05, 0) is 0 Å². The number of nitrogens with zero attached hydrogens (tertiary/aromatic N) is 2. The molecule has 0 aromatic carbocycles. The summed E-state index contributed by atoms with van der Waals surface area (Å²) in [6, 6.07) is 0. The molecule has 2 atom stereocenters. The van der Waals surface area contributed by atoms with Crippen molar-refractivity contribution in [3.8, 4) is 0 Å². The Balaban J connectivity index is 2.79. The Morgan fingerprint density at radius 2 is 2.32 bits per heavy atom. The van der Waals surface area contributed by atoms with Gasteiger partial charge in [0.05, 0.1) is 19.3 Å². The highest BCUT2D eigenvalue weighted by Gasteiger charge is 2.17. The first-order valence-corrected chi connectivity index (χ1v) is 7.56. The number of aliphatic hydroxyl groups excluding tert-OH is 1. The normalized spacial score (nSPS) is 16.0. The first-order valence-electron chi connectivity index (χ1n) is 5.27. The third kappa shape index (κ3) is 5.07. The Bertz CT molecular complexity index is 543. The largest absolute Gasteiger partial charge is 0.394 e. The highest BCUT2D eigenvalue weighted by atomic mass is 31.2. The van der Waals surface area contributed by atoms with Crippen LogP contribution in [-0.2, 0) is 15.8 Å². The van der Waals surface area contributed by atoms with Gasteiger partial charge in [0.2, 0.25) is 7.37 Å². The van der Waals surface area contributed by atoms with Crippen LogP contribution >= 0.6 is 7.37 Å². The fourth-order valence-electron chi connectivity index (χ4n) is 1.24. The molecule has 0 fully saturated rings. The number of hydrogen-bond donors (Lipinski definition) is 3. The summed E-state index contributed by atoms with van der Waals surface area (Å²) in [6.07, 6.45) is -0.568. The second kappa shape index (κ2) is 6.25. The lowest BCUT2D eigenvalue weighted by molar-refractivity contribution is 0.0223. The molecule has 0 spiro atoms. The number of nitrogen functional groups attached to an aromatic ring is 1. The minimum atomic E-state index is -3.40. The minimum Gasteiger partial charge on any atom is -0.394 e. The lowest BCUT2D eigenvalue weighted by atomic mass is 10.3. The smallest absolute Gasteiger partial charge is 0.349 e. The molecule has 10 heteroatoms. The van der Waals surface area contributed by atoms with Crippen molar-refractivity contribution in [3.63, 3.8) is 0 Å². The maximum atomic E-state index is 13.2. The first-order chi connectivity index (χ1) is 8.73. The van der Waals surface area contributed by atoms with Crippen LogP contribution in [0.4, 0.5) is 10.2 Å². The van der Waals surface area contributed by atoms with Gasteiger partial charge in [0, 0.05) is 12.9 Å². The molecule has 0 radical (unpaired) electrons. The third-order valence-corrected chi connectivity index (χ3v) is 2.76. The van der Waals surface area contributed by atoms with Crippen LogP contribution in [0.5, 0.6) is 0 Å². The van der Waals surface area contributed by atoms with Crippen LogP contribution in [0, 0.1) is 5.82 Å². The molecule has 1 heterocycles. The van der Waals surface area contributed by atoms with E-state index in [2.05, 4.69) is 4.98 Å². The quantitative estimate of drug-likeness (QED) is 0.586. The van der Waals surface area contributed by atoms with E-state index in [-0.39, 0.29) is 6.54 Å². The second-order valence-electron chi connectivity index (χ2n) is 4.06. The number of halogens is 1. The van der Waals surface area contributed by atoms with Crippen LogP contribution in [0.3, 0.4) is 0 Å². The number of ether oxygens (including phenoxy) is 1. The lowest BCUT2D eigenvalue weighted by Gasteiger charge is -2.17. The predicted molar refractivity (Wildman–Crippen MR) is 65.4 cm³/mol. The molecule has 0 saturated carbocycles. The zero-order chi connectivity index (χ0) is 14.6. The maximum absolute atomic E-state index is 13.2. The van der Waals surface area contributed by atoms with E-state index in [1.165, 1.54) is 0 Å². The monoisotopic (exact) mass is 295 g/mol. The minimum absolute atomic E-state index is 0.209. The molecule has 0 aliphatic carbocycles. The van der Waals surface area contributed by atoms with E-state index in [0.29, 0.717) is 0 Å². The summed E-state index contributed by atoms with van der Waals surface area (Å²) in [7, 11) is -3.40. The van der Waals surface area contributed by atoms with Crippen LogP contribution in [0.2, 0.25) is 0 Å². The molecule has 108 valence electrons. The van der Waals surface area contributed by atoms with E-state index >= 15 is 0 Å². The molecule has 8 nitrogen and oxygen atoms in total. The summed E-state index contributed by atoms with van der Waals surface area (Å²) in [6.45, 7) is 0.385. The van der Waals surface area contributed by atoms with Crippen LogP contribution < -0.4 is 11.4 Å². The zero-order valence-corrected chi connectivity index (χ0v) is 11.1. The number of rotatable bonds is 6.